The van der Waals surface area contributed by atoms with Crippen LogP contribution in [0, 0.1) is 6.92 Å². The quantitative estimate of drug-likeness (QED) is 0.870. The Kier molecular flexibility index (Phi) is 4.68. The van der Waals surface area contributed by atoms with Gasteiger partial charge in [0.25, 0.3) is 0 Å². The molecule has 4 nitrogen and oxygen atoms in total. The first-order valence-electron chi connectivity index (χ1n) is 5.60. The van der Waals surface area contributed by atoms with Crippen molar-refractivity contribution in [2.24, 2.45) is 0 Å². The van der Waals surface area contributed by atoms with Gasteiger partial charge in [-0.25, -0.2) is 12.7 Å². The standard InChI is InChI=1S/C12H19NO3S/c1-4-7-13(3)17(15,16)12-8-11(9-14)6-5-10(12)2/h5-6,8,14H,4,7,9H2,1-3H3. The molecule has 96 valence electrons. The number of aryl methyl sites for hydroxylation is 1. The fourth-order valence-corrected chi connectivity index (χ4v) is 3.16. The largest absolute Gasteiger partial charge is 0.392 e. The molecule has 17 heavy (non-hydrogen) atoms. The third-order valence-corrected chi connectivity index (χ3v) is 4.66. The zero-order valence-corrected chi connectivity index (χ0v) is 11.3. The number of hydrogen-bond donors (Lipinski definition) is 1. The van der Waals surface area contributed by atoms with Crippen molar-refractivity contribution in [2.45, 2.75) is 31.8 Å². The van der Waals surface area contributed by atoms with Gasteiger partial charge in [0.2, 0.25) is 10.0 Å². The van der Waals surface area contributed by atoms with Crippen LogP contribution in [-0.4, -0.2) is 31.4 Å². The first kappa shape index (κ1) is 14.2. The van der Waals surface area contributed by atoms with E-state index in [2.05, 4.69) is 0 Å². The lowest BCUT2D eigenvalue weighted by Gasteiger charge is -2.18. The number of nitrogens with zero attached hydrogens (tertiary/aromatic N) is 1. The van der Waals surface area contributed by atoms with Crippen LogP contribution < -0.4 is 0 Å². The molecular weight excluding hydrogens is 238 g/mol. The lowest BCUT2D eigenvalue weighted by atomic mass is 10.2. The van der Waals surface area contributed by atoms with Crippen LogP contribution in [0.25, 0.3) is 0 Å². The SMILES string of the molecule is CCCN(C)S(=O)(=O)c1cc(CO)ccc1C. The number of sulfonamides is 1. The maximum absolute atomic E-state index is 12.3. The molecule has 5 heteroatoms. The molecule has 0 radical (unpaired) electrons. The average Bonchev–Trinajstić information content (AvgIpc) is 2.29. The summed E-state index contributed by atoms with van der Waals surface area (Å²) in [5.41, 5.74) is 1.31. The van der Waals surface area contributed by atoms with E-state index in [1.807, 2.05) is 6.92 Å². The third kappa shape index (κ3) is 3.06. The van der Waals surface area contributed by atoms with Crippen LogP contribution in [0.15, 0.2) is 23.1 Å². The summed E-state index contributed by atoms with van der Waals surface area (Å²) < 4.78 is 25.9. The van der Waals surface area contributed by atoms with Gasteiger partial charge in [-0.3, -0.25) is 0 Å². The number of hydrogen-bond acceptors (Lipinski definition) is 3. The molecule has 0 fully saturated rings. The van der Waals surface area contributed by atoms with Crippen LogP contribution in [0.2, 0.25) is 0 Å². The van der Waals surface area contributed by atoms with Gasteiger partial charge in [-0.15, -0.1) is 0 Å². The van der Waals surface area contributed by atoms with Gasteiger partial charge >= 0.3 is 0 Å². The van der Waals surface area contributed by atoms with Crippen molar-refractivity contribution in [3.63, 3.8) is 0 Å². The Morgan fingerprint density at radius 3 is 2.53 bits per heavy atom. The summed E-state index contributed by atoms with van der Waals surface area (Å²) in [5, 5.41) is 9.05. The molecule has 1 rings (SSSR count). The molecule has 0 spiro atoms. The summed E-state index contributed by atoms with van der Waals surface area (Å²) in [6, 6.07) is 4.99. The zero-order valence-electron chi connectivity index (χ0n) is 10.5. The second-order valence-corrected chi connectivity index (χ2v) is 6.10. The Labute approximate surface area is 103 Å². The zero-order chi connectivity index (χ0) is 13.1. The second-order valence-electron chi connectivity index (χ2n) is 4.08. The summed E-state index contributed by atoms with van der Waals surface area (Å²) >= 11 is 0. The van der Waals surface area contributed by atoms with Gasteiger partial charge in [0, 0.05) is 13.6 Å². The maximum atomic E-state index is 12.3. The Hall–Kier alpha value is -0.910. The van der Waals surface area contributed by atoms with Gasteiger partial charge in [-0.2, -0.15) is 0 Å². The second kappa shape index (κ2) is 5.62. The van der Waals surface area contributed by atoms with Gasteiger partial charge in [0.05, 0.1) is 11.5 Å². The van der Waals surface area contributed by atoms with Crippen molar-refractivity contribution in [1.29, 1.82) is 0 Å². The van der Waals surface area contributed by atoms with Gasteiger partial charge in [-0.05, 0) is 30.5 Å². The van der Waals surface area contributed by atoms with E-state index in [0.717, 1.165) is 6.42 Å². The van der Waals surface area contributed by atoms with Crippen molar-refractivity contribution in [3.05, 3.63) is 29.3 Å². The molecule has 0 aromatic heterocycles. The van der Waals surface area contributed by atoms with Gasteiger partial charge in [0.15, 0.2) is 0 Å². The summed E-state index contributed by atoms with van der Waals surface area (Å²) in [7, 11) is -1.87. The molecule has 0 unspecified atom stereocenters. The molecule has 0 saturated carbocycles. The minimum Gasteiger partial charge on any atom is -0.392 e. The summed E-state index contributed by atoms with van der Waals surface area (Å²) in [4.78, 5) is 0.278. The lowest BCUT2D eigenvalue weighted by Crippen LogP contribution is -2.28. The van der Waals surface area contributed by atoms with Gasteiger partial charge < -0.3 is 5.11 Å². The van der Waals surface area contributed by atoms with Crippen molar-refractivity contribution < 1.29 is 13.5 Å². The van der Waals surface area contributed by atoms with E-state index in [9.17, 15) is 8.42 Å². The predicted octanol–water partition coefficient (Wildman–Crippen LogP) is 1.52. The molecule has 1 N–H and O–H groups in total. The molecule has 1 aromatic rings. The van der Waals surface area contributed by atoms with Crippen LogP contribution >= 0.6 is 0 Å². The summed E-state index contributed by atoms with van der Waals surface area (Å²) in [6.45, 7) is 4.03. The number of rotatable bonds is 5. The highest BCUT2D eigenvalue weighted by atomic mass is 32.2. The highest BCUT2D eigenvalue weighted by molar-refractivity contribution is 7.89. The summed E-state index contributed by atoms with van der Waals surface area (Å²) in [6.07, 6.45) is 0.772. The first-order valence-corrected chi connectivity index (χ1v) is 7.04. The molecule has 1 aromatic carbocycles. The topological polar surface area (TPSA) is 57.6 Å². The molecule has 0 amide bonds. The van der Waals surface area contributed by atoms with E-state index in [-0.39, 0.29) is 11.5 Å². The van der Waals surface area contributed by atoms with Crippen molar-refractivity contribution in [2.75, 3.05) is 13.6 Å². The smallest absolute Gasteiger partial charge is 0.243 e. The Morgan fingerprint density at radius 2 is 2.00 bits per heavy atom. The maximum Gasteiger partial charge on any atom is 0.243 e. The third-order valence-electron chi connectivity index (χ3n) is 2.66. The molecule has 0 atom stereocenters. The highest BCUT2D eigenvalue weighted by Gasteiger charge is 2.22. The van der Waals surface area contributed by atoms with E-state index in [1.54, 1.807) is 26.1 Å². The number of benzene rings is 1. The normalized spacial score (nSPS) is 12.1. The summed E-state index contributed by atoms with van der Waals surface area (Å²) in [5.74, 6) is 0. The average molecular weight is 257 g/mol. The van der Waals surface area contributed by atoms with E-state index in [1.165, 1.54) is 10.4 Å². The van der Waals surface area contributed by atoms with Crippen molar-refractivity contribution in [3.8, 4) is 0 Å². The van der Waals surface area contributed by atoms with Crippen LogP contribution in [0.4, 0.5) is 0 Å². The molecule has 0 saturated heterocycles. The highest BCUT2D eigenvalue weighted by Crippen LogP contribution is 2.20. The predicted molar refractivity (Wildman–Crippen MR) is 67.2 cm³/mol. The van der Waals surface area contributed by atoms with Crippen LogP contribution in [0.1, 0.15) is 24.5 Å². The van der Waals surface area contributed by atoms with Crippen molar-refractivity contribution >= 4 is 10.0 Å². The van der Waals surface area contributed by atoms with E-state index in [4.69, 9.17) is 5.11 Å². The number of aliphatic hydroxyl groups is 1. The molecule has 0 aliphatic carbocycles. The Bertz CT molecular complexity index is 483. The molecule has 0 aliphatic heterocycles. The Morgan fingerprint density at radius 1 is 1.35 bits per heavy atom. The Balaban J connectivity index is 3.22. The van der Waals surface area contributed by atoms with Gasteiger partial charge in [0.1, 0.15) is 0 Å². The van der Waals surface area contributed by atoms with E-state index >= 15 is 0 Å². The number of aliphatic hydroxyl groups excluding tert-OH is 1. The van der Waals surface area contributed by atoms with E-state index in [0.29, 0.717) is 17.7 Å². The fraction of sp³-hybridized carbons (Fsp3) is 0.500. The minimum atomic E-state index is -3.44. The minimum absolute atomic E-state index is 0.152. The monoisotopic (exact) mass is 257 g/mol. The van der Waals surface area contributed by atoms with Crippen LogP contribution in [0.3, 0.4) is 0 Å². The van der Waals surface area contributed by atoms with E-state index < -0.39 is 10.0 Å². The molecule has 0 bridgehead atoms. The fourth-order valence-electron chi connectivity index (χ4n) is 1.62. The van der Waals surface area contributed by atoms with Crippen LogP contribution in [-0.2, 0) is 16.6 Å². The van der Waals surface area contributed by atoms with Gasteiger partial charge in [-0.1, -0.05) is 19.1 Å². The van der Waals surface area contributed by atoms with Crippen LogP contribution in [0.5, 0.6) is 0 Å². The molecule has 0 aliphatic rings. The lowest BCUT2D eigenvalue weighted by molar-refractivity contribution is 0.281. The first-order chi connectivity index (χ1) is 7.93. The van der Waals surface area contributed by atoms with Crippen molar-refractivity contribution in [1.82, 2.24) is 4.31 Å². The molecular formula is C12H19NO3S. The molecule has 0 heterocycles.